The van der Waals surface area contributed by atoms with Crippen LogP contribution in [0.1, 0.15) is 47.4 Å². The highest BCUT2D eigenvalue weighted by Gasteiger charge is 2.23. The Labute approximate surface area is 133 Å². The molecular weight excluding hydrogens is 301 g/mol. The van der Waals surface area contributed by atoms with Crippen molar-refractivity contribution in [2.24, 2.45) is 0 Å². The number of hydrogen-bond donors (Lipinski definition) is 2. The first kappa shape index (κ1) is 16.7. The van der Waals surface area contributed by atoms with Gasteiger partial charge >= 0.3 is 5.97 Å². The van der Waals surface area contributed by atoms with Gasteiger partial charge in [-0.3, -0.25) is 9.59 Å². The fourth-order valence-electron chi connectivity index (χ4n) is 2.29. The van der Waals surface area contributed by atoms with E-state index < -0.39 is 23.6 Å². The van der Waals surface area contributed by atoms with E-state index >= 15 is 0 Å². The Morgan fingerprint density at radius 3 is 2.43 bits per heavy atom. The zero-order chi connectivity index (χ0) is 17.0. The normalized spacial score (nSPS) is 12.2. The number of hydrogen-bond acceptors (Lipinski definition) is 3. The molecule has 0 radical (unpaired) electrons. The van der Waals surface area contributed by atoms with Crippen LogP contribution in [0.3, 0.4) is 0 Å². The summed E-state index contributed by atoms with van der Waals surface area (Å²) in [4.78, 5) is 23.6. The fourth-order valence-corrected chi connectivity index (χ4v) is 2.29. The van der Waals surface area contributed by atoms with Gasteiger partial charge in [0.05, 0.1) is 17.7 Å². The average molecular weight is 319 g/mol. The van der Waals surface area contributed by atoms with Crippen LogP contribution in [0.15, 0.2) is 41.0 Å². The molecule has 1 amide bonds. The average Bonchev–Trinajstić information content (AvgIpc) is 2.98. The molecule has 1 aromatic heterocycles. The Morgan fingerprint density at radius 2 is 1.87 bits per heavy atom. The van der Waals surface area contributed by atoms with Gasteiger partial charge in [0, 0.05) is 12.5 Å². The molecule has 1 aromatic carbocycles. The molecule has 0 saturated carbocycles. The number of nitrogens with one attached hydrogen (secondary N) is 1. The molecule has 0 aliphatic carbocycles. The number of carbonyl (C=O) groups excluding carboxylic acids is 1. The maximum atomic E-state index is 12.9. The molecule has 122 valence electrons. The third-order valence-electron chi connectivity index (χ3n) is 3.50. The Bertz CT molecular complexity index is 691. The Kier molecular flexibility index (Phi) is 5.16. The van der Waals surface area contributed by atoms with Gasteiger partial charge in [-0.25, -0.2) is 4.39 Å². The highest BCUT2D eigenvalue weighted by Crippen LogP contribution is 2.21. The molecule has 0 spiro atoms. The summed E-state index contributed by atoms with van der Waals surface area (Å²) >= 11 is 0. The van der Waals surface area contributed by atoms with E-state index in [1.54, 1.807) is 6.07 Å². The highest BCUT2D eigenvalue weighted by molar-refractivity contribution is 5.95. The SMILES string of the molecule is CC(C)c1occc1C(=O)NCC(C(=O)O)c1ccc(F)cc1. The molecule has 2 rings (SSSR count). The monoisotopic (exact) mass is 319 g/mol. The first-order valence-corrected chi connectivity index (χ1v) is 7.24. The van der Waals surface area contributed by atoms with E-state index in [0.29, 0.717) is 16.9 Å². The van der Waals surface area contributed by atoms with Crippen molar-refractivity contribution in [1.29, 1.82) is 0 Å². The Hall–Kier alpha value is -2.63. The number of halogens is 1. The molecule has 1 heterocycles. The molecule has 6 heteroatoms. The minimum Gasteiger partial charge on any atom is -0.481 e. The van der Waals surface area contributed by atoms with E-state index in [4.69, 9.17) is 4.42 Å². The van der Waals surface area contributed by atoms with Gasteiger partial charge in [-0.05, 0) is 23.8 Å². The van der Waals surface area contributed by atoms with Gasteiger partial charge in [0.15, 0.2) is 0 Å². The Morgan fingerprint density at radius 1 is 1.22 bits per heavy atom. The van der Waals surface area contributed by atoms with Crippen LogP contribution >= 0.6 is 0 Å². The maximum absolute atomic E-state index is 12.9. The molecule has 2 N–H and O–H groups in total. The van der Waals surface area contributed by atoms with Crippen LogP contribution in [0.2, 0.25) is 0 Å². The van der Waals surface area contributed by atoms with Gasteiger partial charge in [-0.1, -0.05) is 26.0 Å². The van der Waals surface area contributed by atoms with Crippen molar-refractivity contribution < 1.29 is 23.5 Å². The van der Waals surface area contributed by atoms with E-state index in [0.717, 1.165) is 0 Å². The van der Waals surface area contributed by atoms with Crippen LogP contribution in [-0.4, -0.2) is 23.5 Å². The van der Waals surface area contributed by atoms with E-state index in [9.17, 15) is 19.1 Å². The number of rotatable bonds is 6. The zero-order valence-electron chi connectivity index (χ0n) is 12.9. The number of carbonyl (C=O) groups is 2. The van der Waals surface area contributed by atoms with Crippen LogP contribution in [0.5, 0.6) is 0 Å². The van der Waals surface area contributed by atoms with Crippen molar-refractivity contribution in [3.8, 4) is 0 Å². The van der Waals surface area contributed by atoms with Crippen molar-refractivity contribution >= 4 is 11.9 Å². The van der Waals surface area contributed by atoms with Crippen LogP contribution in [0.4, 0.5) is 4.39 Å². The van der Waals surface area contributed by atoms with Gasteiger partial charge in [0.1, 0.15) is 11.6 Å². The van der Waals surface area contributed by atoms with E-state index in [-0.39, 0.29) is 12.5 Å². The van der Waals surface area contributed by atoms with Crippen LogP contribution in [0.25, 0.3) is 0 Å². The van der Waals surface area contributed by atoms with Crippen molar-refractivity contribution in [2.45, 2.75) is 25.7 Å². The molecule has 1 unspecified atom stereocenters. The third-order valence-corrected chi connectivity index (χ3v) is 3.50. The number of benzene rings is 1. The smallest absolute Gasteiger partial charge is 0.312 e. The molecule has 2 aromatic rings. The van der Waals surface area contributed by atoms with Crippen molar-refractivity contribution in [2.75, 3.05) is 6.54 Å². The first-order chi connectivity index (χ1) is 10.9. The minimum absolute atomic E-state index is 0.0399. The zero-order valence-corrected chi connectivity index (χ0v) is 12.9. The van der Waals surface area contributed by atoms with Crippen LogP contribution in [0, 0.1) is 5.82 Å². The fraction of sp³-hybridized carbons (Fsp3) is 0.294. The molecule has 1 atom stereocenters. The second-order valence-corrected chi connectivity index (χ2v) is 5.51. The second-order valence-electron chi connectivity index (χ2n) is 5.51. The van der Waals surface area contributed by atoms with E-state index in [2.05, 4.69) is 5.32 Å². The van der Waals surface area contributed by atoms with Crippen LogP contribution < -0.4 is 5.32 Å². The second kappa shape index (κ2) is 7.09. The lowest BCUT2D eigenvalue weighted by Crippen LogP contribution is -2.32. The molecule has 0 saturated heterocycles. The topological polar surface area (TPSA) is 79.5 Å². The summed E-state index contributed by atoms with van der Waals surface area (Å²) in [6.45, 7) is 3.70. The molecule has 23 heavy (non-hydrogen) atoms. The standard InChI is InChI=1S/C17H18FNO4/c1-10(2)15-13(7-8-23-15)16(20)19-9-14(17(21)22)11-3-5-12(18)6-4-11/h3-8,10,14H,9H2,1-2H3,(H,19,20)(H,21,22). The lowest BCUT2D eigenvalue weighted by molar-refractivity contribution is -0.138. The molecule has 0 aliphatic heterocycles. The molecule has 5 nitrogen and oxygen atoms in total. The number of furan rings is 1. The quantitative estimate of drug-likeness (QED) is 0.857. The van der Waals surface area contributed by atoms with Gasteiger partial charge < -0.3 is 14.8 Å². The number of carboxylic acid groups (broad SMARTS) is 1. The van der Waals surface area contributed by atoms with Crippen molar-refractivity contribution in [3.63, 3.8) is 0 Å². The predicted octanol–water partition coefficient (Wildman–Crippen LogP) is 3.14. The summed E-state index contributed by atoms with van der Waals surface area (Å²) in [5.41, 5.74) is 0.818. The summed E-state index contributed by atoms with van der Waals surface area (Å²) in [6.07, 6.45) is 1.43. The van der Waals surface area contributed by atoms with Gasteiger partial charge in [0.25, 0.3) is 5.91 Å². The maximum Gasteiger partial charge on any atom is 0.312 e. The number of aliphatic carboxylic acids is 1. The van der Waals surface area contributed by atoms with Gasteiger partial charge in [-0.2, -0.15) is 0 Å². The lowest BCUT2D eigenvalue weighted by atomic mass is 9.99. The summed E-state index contributed by atoms with van der Waals surface area (Å²) in [7, 11) is 0. The van der Waals surface area contributed by atoms with E-state index in [1.807, 2.05) is 13.8 Å². The number of amides is 1. The van der Waals surface area contributed by atoms with Gasteiger partial charge in [0.2, 0.25) is 0 Å². The Balaban J connectivity index is 2.10. The molecule has 0 bridgehead atoms. The third kappa shape index (κ3) is 3.97. The lowest BCUT2D eigenvalue weighted by Gasteiger charge is -2.14. The molecular formula is C17H18FNO4. The molecule has 0 fully saturated rings. The summed E-state index contributed by atoms with van der Waals surface area (Å²) in [5, 5.41) is 11.9. The van der Waals surface area contributed by atoms with Crippen LogP contribution in [-0.2, 0) is 4.79 Å². The predicted molar refractivity (Wildman–Crippen MR) is 81.9 cm³/mol. The minimum atomic E-state index is -1.09. The highest BCUT2D eigenvalue weighted by atomic mass is 19.1. The van der Waals surface area contributed by atoms with E-state index in [1.165, 1.54) is 30.5 Å². The van der Waals surface area contributed by atoms with Crippen molar-refractivity contribution in [3.05, 3.63) is 59.3 Å². The van der Waals surface area contributed by atoms with Gasteiger partial charge in [-0.15, -0.1) is 0 Å². The largest absolute Gasteiger partial charge is 0.481 e. The first-order valence-electron chi connectivity index (χ1n) is 7.24. The molecule has 0 aliphatic rings. The summed E-state index contributed by atoms with van der Waals surface area (Å²) in [6, 6.07) is 6.74. The number of carboxylic acids is 1. The summed E-state index contributed by atoms with van der Waals surface area (Å²) < 4.78 is 18.2. The summed E-state index contributed by atoms with van der Waals surface area (Å²) in [5.74, 6) is -2.28. The van der Waals surface area contributed by atoms with Crippen molar-refractivity contribution in [1.82, 2.24) is 5.32 Å².